The molecule has 0 saturated carbocycles. The normalized spacial score (nSPS) is 20.0. The van der Waals surface area contributed by atoms with Crippen LogP contribution >= 0.6 is 0 Å². The van der Waals surface area contributed by atoms with E-state index in [-0.39, 0.29) is 24.1 Å². The molecule has 2 unspecified atom stereocenters. The summed E-state index contributed by atoms with van der Waals surface area (Å²) >= 11 is 0. The minimum absolute atomic E-state index is 0.0759. The molecule has 0 radical (unpaired) electrons. The number of anilines is 3. The first-order chi connectivity index (χ1) is 17.4. The summed E-state index contributed by atoms with van der Waals surface area (Å²) in [5.41, 5.74) is 2.70. The maximum absolute atomic E-state index is 15.4. The van der Waals surface area contributed by atoms with Crippen molar-refractivity contribution in [1.82, 2.24) is 19.9 Å². The highest BCUT2D eigenvalue weighted by Crippen LogP contribution is 2.39. The maximum atomic E-state index is 15.4. The monoisotopic (exact) mass is 488 g/mol. The molecule has 36 heavy (non-hydrogen) atoms. The van der Waals surface area contributed by atoms with Crippen molar-refractivity contribution in [3.05, 3.63) is 54.7 Å². The summed E-state index contributed by atoms with van der Waals surface area (Å²) in [4.78, 5) is 17.7. The molecule has 9 heteroatoms. The molecule has 3 saturated heterocycles. The number of likely N-dealkylation sites (N-methyl/N-ethyl adjacent to an activating group) is 1. The van der Waals surface area contributed by atoms with Gasteiger partial charge in [0.05, 0.1) is 34.3 Å². The van der Waals surface area contributed by atoms with Gasteiger partial charge in [0.25, 0.3) is 0 Å². The smallest absolute Gasteiger partial charge is 0.156 e. The molecule has 3 aliphatic heterocycles. The Kier molecular flexibility index (Phi) is 5.81. The van der Waals surface area contributed by atoms with Gasteiger partial charge in [-0.05, 0) is 51.4 Å². The number of nitrogens with one attached hydrogen (secondary N) is 1. The number of aromatic nitrogens is 3. The van der Waals surface area contributed by atoms with E-state index in [4.69, 9.17) is 9.47 Å². The van der Waals surface area contributed by atoms with Crippen LogP contribution in [0, 0.1) is 5.82 Å². The first-order valence-corrected chi connectivity index (χ1v) is 12.3. The Hall–Kier alpha value is -3.56. The van der Waals surface area contributed by atoms with Gasteiger partial charge in [-0.3, -0.25) is 4.98 Å². The van der Waals surface area contributed by atoms with E-state index >= 15 is 4.39 Å². The van der Waals surface area contributed by atoms with Gasteiger partial charge in [-0.25, -0.2) is 14.4 Å². The maximum Gasteiger partial charge on any atom is 0.156 e. The number of rotatable bonds is 7. The molecule has 2 aromatic carbocycles. The summed E-state index contributed by atoms with van der Waals surface area (Å²) in [5.74, 6) is 0.786. The quantitative estimate of drug-likeness (QED) is 0.411. The summed E-state index contributed by atoms with van der Waals surface area (Å²) < 4.78 is 27.6. The number of fused-ring (bicyclic) bond motifs is 4. The SMILES string of the molecule is C[C@H](CN(C)C)Oc1cc(N2CC3CC(C2)O3)cc2ncnc(Nc3ccc4ncccc4c3F)c12. The zero-order chi connectivity index (χ0) is 24.8. The van der Waals surface area contributed by atoms with Crippen molar-refractivity contribution in [1.29, 1.82) is 0 Å². The molecule has 0 amide bonds. The van der Waals surface area contributed by atoms with Gasteiger partial charge in [-0.15, -0.1) is 0 Å². The minimum atomic E-state index is -0.375. The molecule has 1 N–H and O–H groups in total. The third-order valence-corrected chi connectivity index (χ3v) is 6.73. The molecule has 0 aliphatic carbocycles. The van der Waals surface area contributed by atoms with Crippen molar-refractivity contribution in [2.45, 2.75) is 31.7 Å². The van der Waals surface area contributed by atoms with E-state index in [1.165, 1.54) is 6.33 Å². The lowest BCUT2D eigenvalue weighted by Crippen LogP contribution is -2.57. The zero-order valence-electron chi connectivity index (χ0n) is 20.6. The third kappa shape index (κ3) is 4.29. The Morgan fingerprint density at radius 1 is 1.14 bits per heavy atom. The standard InChI is InChI=1S/C27H29FN6O2/c1-16(12-33(2)3)35-24-10-17(34-13-18-11-19(14-34)36-18)9-23-25(24)27(31-15-30-23)32-22-7-6-21-20(26(22)28)5-4-8-29-21/h4-10,15-16,18-19H,11-14H2,1-3H3,(H,30,31,32)/t16-,18?,19?/m1/s1. The average Bonchev–Trinajstić information content (AvgIpc) is 2.85. The van der Waals surface area contributed by atoms with Gasteiger partial charge < -0.3 is 24.6 Å². The molecule has 3 fully saturated rings. The fourth-order valence-corrected chi connectivity index (χ4v) is 5.19. The largest absolute Gasteiger partial charge is 0.488 e. The van der Waals surface area contributed by atoms with Crippen molar-refractivity contribution in [2.75, 3.05) is 43.9 Å². The summed E-state index contributed by atoms with van der Waals surface area (Å²) in [6, 6.07) is 11.0. The lowest BCUT2D eigenvalue weighted by atomic mass is 9.98. The highest BCUT2D eigenvalue weighted by atomic mass is 19.1. The van der Waals surface area contributed by atoms with Crippen molar-refractivity contribution >= 4 is 39.0 Å². The summed E-state index contributed by atoms with van der Waals surface area (Å²) in [7, 11) is 4.03. The van der Waals surface area contributed by atoms with Gasteiger partial charge in [-0.1, -0.05) is 0 Å². The summed E-state index contributed by atoms with van der Waals surface area (Å²) in [5, 5.41) is 4.36. The Labute approximate surface area is 209 Å². The predicted molar refractivity (Wildman–Crippen MR) is 139 cm³/mol. The number of hydrogen-bond donors (Lipinski definition) is 1. The minimum Gasteiger partial charge on any atom is -0.488 e. The van der Waals surface area contributed by atoms with Crippen molar-refractivity contribution in [2.24, 2.45) is 0 Å². The van der Waals surface area contributed by atoms with E-state index in [1.807, 2.05) is 21.0 Å². The molecule has 7 rings (SSSR count). The molecule has 4 aromatic rings. The molecule has 186 valence electrons. The van der Waals surface area contributed by atoms with Crippen LogP contribution in [0.25, 0.3) is 21.8 Å². The number of halogens is 1. The number of pyridine rings is 1. The van der Waals surface area contributed by atoms with Crippen LogP contribution in [0.1, 0.15) is 13.3 Å². The lowest BCUT2D eigenvalue weighted by molar-refractivity contribution is -0.133. The topological polar surface area (TPSA) is 75.6 Å². The molecule has 0 spiro atoms. The number of ether oxygens (including phenoxy) is 2. The fraction of sp³-hybridized carbons (Fsp3) is 0.370. The first kappa shape index (κ1) is 22.9. The van der Waals surface area contributed by atoms with E-state index in [1.54, 1.807) is 30.5 Å². The van der Waals surface area contributed by atoms with E-state index in [2.05, 4.69) is 42.2 Å². The molecule has 2 bridgehead atoms. The van der Waals surface area contributed by atoms with Crippen molar-refractivity contribution in [3.63, 3.8) is 0 Å². The number of morpholine rings is 1. The van der Waals surface area contributed by atoms with Crippen LogP contribution in [-0.2, 0) is 4.74 Å². The van der Waals surface area contributed by atoms with Crippen LogP contribution in [0.2, 0.25) is 0 Å². The van der Waals surface area contributed by atoms with Crippen LogP contribution in [0.15, 0.2) is 48.9 Å². The Bertz CT molecular complexity index is 1410. The summed E-state index contributed by atoms with van der Waals surface area (Å²) in [6.45, 7) is 4.48. The van der Waals surface area contributed by atoms with Crippen LogP contribution in [-0.4, -0.2) is 71.9 Å². The Morgan fingerprint density at radius 3 is 2.72 bits per heavy atom. The number of nitrogens with zero attached hydrogens (tertiary/aromatic N) is 5. The molecule has 3 atom stereocenters. The van der Waals surface area contributed by atoms with Gasteiger partial charge >= 0.3 is 0 Å². The second-order valence-corrected chi connectivity index (χ2v) is 9.89. The highest BCUT2D eigenvalue weighted by molar-refractivity contribution is 5.98. The van der Waals surface area contributed by atoms with E-state index in [9.17, 15) is 0 Å². The third-order valence-electron chi connectivity index (χ3n) is 6.73. The molecule has 5 heterocycles. The van der Waals surface area contributed by atoms with Gasteiger partial charge in [0.2, 0.25) is 0 Å². The number of benzene rings is 2. The second kappa shape index (κ2) is 9.15. The van der Waals surface area contributed by atoms with Crippen molar-refractivity contribution < 1.29 is 13.9 Å². The van der Waals surface area contributed by atoms with Gasteiger partial charge in [0.1, 0.15) is 24.0 Å². The number of piperidine rings is 1. The van der Waals surface area contributed by atoms with E-state index in [0.29, 0.717) is 28.2 Å². The Morgan fingerprint density at radius 2 is 1.94 bits per heavy atom. The predicted octanol–water partition coefficient (Wildman–Crippen LogP) is 4.37. The van der Waals surface area contributed by atoms with Gasteiger partial charge in [0.15, 0.2) is 5.82 Å². The lowest BCUT2D eigenvalue weighted by Gasteiger charge is -2.48. The zero-order valence-corrected chi connectivity index (χ0v) is 20.6. The highest BCUT2D eigenvalue weighted by Gasteiger charge is 2.38. The van der Waals surface area contributed by atoms with Crippen LogP contribution in [0.5, 0.6) is 5.75 Å². The fourth-order valence-electron chi connectivity index (χ4n) is 5.19. The van der Waals surface area contributed by atoms with Gasteiger partial charge in [0, 0.05) is 49.4 Å². The molecule has 8 nitrogen and oxygen atoms in total. The molecule has 3 aliphatic rings. The first-order valence-electron chi connectivity index (χ1n) is 12.3. The average molecular weight is 489 g/mol. The van der Waals surface area contributed by atoms with Crippen LogP contribution < -0.4 is 15.0 Å². The van der Waals surface area contributed by atoms with Gasteiger partial charge in [-0.2, -0.15) is 0 Å². The van der Waals surface area contributed by atoms with E-state index < -0.39 is 0 Å². The van der Waals surface area contributed by atoms with E-state index in [0.717, 1.165) is 42.6 Å². The Balaban J connectivity index is 1.42. The van der Waals surface area contributed by atoms with Crippen LogP contribution in [0.3, 0.4) is 0 Å². The molecular weight excluding hydrogens is 459 g/mol. The van der Waals surface area contributed by atoms with Crippen LogP contribution in [0.4, 0.5) is 21.6 Å². The number of hydrogen-bond acceptors (Lipinski definition) is 8. The van der Waals surface area contributed by atoms with Crippen molar-refractivity contribution in [3.8, 4) is 5.75 Å². The second-order valence-electron chi connectivity index (χ2n) is 9.89. The molecular formula is C27H29FN6O2. The summed E-state index contributed by atoms with van der Waals surface area (Å²) in [6.07, 6.45) is 4.76. The molecule has 2 aromatic heterocycles.